The topological polar surface area (TPSA) is 21.3 Å². The summed E-state index contributed by atoms with van der Waals surface area (Å²) in [7, 11) is 0. The molecule has 0 atom stereocenters. The molecule has 1 aromatic rings. The molecule has 1 aliphatic rings. The molecule has 1 saturated heterocycles. The molecule has 0 radical (unpaired) electrons. The lowest BCUT2D eigenvalue weighted by Crippen LogP contribution is -2.29. The molecule has 0 amide bonds. The van der Waals surface area contributed by atoms with E-state index in [0.717, 1.165) is 38.1 Å². The SMILES string of the molecule is Fc1ccc(F)c(COCC2CCNCC2)c1. The minimum absolute atomic E-state index is 0.146. The van der Waals surface area contributed by atoms with Gasteiger partial charge >= 0.3 is 0 Å². The van der Waals surface area contributed by atoms with E-state index in [0.29, 0.717) is 18.1 Å². The van der Waals surface area contributed by atoms with Crippen LogP contribution in [0.1, 0.15) is 18.4 Å². The van der Waals surface area contributed by atoms with Crippen molar-refractivity contribution in [2.24, 2.45) is 5.92 Å². The summed E-state index contributed by atoms with van der Waals surface area (Å²) in [5.41, 5.74) is 0.291. The van der Waals surface area contributed by atoms with E-state index in [4.69, 9.17) is 4.74 Å². The first-order valence-corrected chi connectivity index (χ1v) is 5.98. The van der Waals surface area contributed by atoms with Crippen LogP contribution < -0.4 is 5.32 Å². The lowest BCUT2D eigenvalue weighted by atomic mass is 9.99. The Labute approximate surface area is 100.0 Å². The van der Waals surface area contributed by atoms with Crippen LogP contribution in [0, 0.1) is 17.6 Å². The van der Waals surface area contributed by atoms with E-state index in [1.165, 1.54) is 6.07 Å². The van der Waals surface area contributed by atoms with Crippen LogP contribution >= 0.6 is 0 Å². The lowest BCUT2D eigenvalue weighted by molar-refractivity contribution is 0.0745. The van der Waals surface area contributed by atoms with Gasteiger partial charge < -0.3 is 10.1 Å². The summed E-state index contributed by atoms with van der Waals surface area (Å²) in [6, 6.07) is 3.45. The van der Waals surface area contributed by atoms with Crippen LogP contribution in [0.15, 0.2) is 18.2 Å². The van der Waals surface area contributed by atoms with Gasteiger partial charge in [-0.05, 0) is 50.0 Å². The molecule has 1 fully saturated rings. The molecular formula is C13H17F2NO. The summed E-state index contributed by atoms with van der Waals surface area (Å²) in [4.78, 5) is 0. The van der Waals surface area contributed by atoms with E-state index >= 15 is 0 Å². The molecule has 2 nitrogen and oxygen atoms in total. The van der Waals surface area contributed by atoms with Crippen molar-refractivity contribution in [1.82, 2.24) is 5.32 Å². The summed E-state index contributed by atoms with van der Waals surface area (Å²) < 4.78 is 31.6. The third-order valence-electron chi connectivity index (χ3n) is 3.08. The Morgan fingerprint density at radius 1 is 1.24 bits per heavy atom. The molecule has 0 unspecified atom stereocenters. The number of rotatable bonds is 4. The van der Waals surface area contributed by atoms with E-state index in [2.05, 4.69) is 5.32 Å². The quantitative estimate of drug-likeness (QED) is 0.874. The van der Waals surface area contributed by atoms with E-state index in [-0.39, 0.29) is 6.61 Å². The molecular weight excluding hydrogens is 224 g/mol. The first-order chi connectivity index (χ1) is 8.25. The third kappa shape index (κ3) is 3.75. The molecule has 4 heteroatoms. The van der Waals surface area contributed by atoms with E-state index in [9.17, 15) is 8.78 Å². The van der Waals surface area contributed by atoms with Crippen molar-refractivity contribution in [2.75, 3.05) is 19.7 Å². The van der Waals surface area contributed by atoms with Crippen molar-refractivity contribution in [3.05, 3.63) is 35.4 Å². The summed E-state index contributed by atoms with van der Waals surface area (Å²) in [6.45, 7) is 2.80. The van der Waals surface area contributed by atoms with Crippen LogP contribution in [0.4, 0.5) is 8.78 Å². The molecule has 0 aromatic heterocycles. The van der Waals surface area contributed by atoms with Gasteiger partial charge in [-0.1, -0.05) is 0 Å². The minimum atomic E-state index is -0.424. The number of ether oxygens (including phenoxy) is 1. The van der Waals surface area contributed by atoms with Crippen LogP contribution in [0.2, 0.25) is 0 Å². The molecule has 1 aromatic carbocycles. The van der Waals surface area contributed by atoms with Crippen molar-refractivity contribution in [1.29, 1.82) is 0 Å². The zero-order chi connectivity index (χ0) is 12.1. The van der Waals surface area contributed by atoms with Gasteiger partial charge in [0.25, 0.3) is 0 Å². The Hall–Kier alpha value is -1.00. The maximum atomic E-state index is 13.3. The van der Waals surface area contributed by atoms with Crippen LogP contribution in [-0.4, -0.2) is 19.7 Å². The second kappa shape index (κ2) is 6.07. The predicted octanol–water partition coefficient (Wildman–Crippen LogP) is 2.48. The summed E-state index contributed by atoms with van der Waals surface area (Å²) in [5.74, 6) is -0.295. The van der Waals surface area contributed by atoms with Crippen molar-refractivity contribution in [3.63, 3.8) is 0 Å². The highest BCUT2D eigenvalue weighted by molar-refractivity contribution is 5.17. The number of benzene rings is 1. The second-order valence-corrected chi connectivity index (χ2v) is 4.44. The van der Waals surface area contributed by atoms with Crippen LogP contribution in [0.3, 0.4) is 0 Å². The number of halogens is 2. The minimum Gasteiger partial charge on any atom is -0.376 e. The van der Waals surface area contributed by atoms with E-state index in [1.54, 1.807) is 0 Å². The Bertz CT molecular complexity index is 364. The van der Waals surface area contributed by atoms with Crippen LogP contribution in [-0.2, 0) is 11.3 Å². The molecule has 1 aliphatic heterocycles. The van der Waals surface area contributed by atoms with Gasteiger partial charge in [0.2, 0.25) is 0 Å². The average molecular weight is 241 g/mol. The molecule has 0 saturated carbocycles. The first-order valence-electron chi connectivity index (χ1n) is 5.98. The molecule has 2 rings (SSSR count). The number of piperidine rings is 1. The Morgan fingerprint density at radius 2 is 2.00 bits per heavy atom. The first kappa shape index (κ1) is 12.5. The van der Waals surface area contributed by atoms with Gasteiger partial charge in [-0.2, -0.15) is 0 Å². The molecule has 0 spiro atoms. The van der Waals surface area contributed by atoms with Gasteiger partial charge in [0.1, 0.15) is 11.6 Å². The largest absolute Gasteiger partial charge is 0.376 e. The van der Waals surface area contributed by atoms with Gasteiger partial charge in [0.05, 0.1) is 6.61 Å². The third-order valence-corrected chi connectivity index (χ3v) is 3.08. The fourth-order valence-electron chi connectivity index (χ4n) is 2.04. The highest BCUT2D eigenvalue weighted by Gasteiger charge is 2.13. The van der Waals surface area contributed by atoms with Crippen molar-refractivity contribution in [2.45, 2.75) is 19.4 Å². The van der Waals surface area contributed by atoms with Crippen LogP contribution in [0.25, 0.3) is 0 Å². The summed E-state index contributed by atoms with van der Waals surface area (Å²) in [6.07, 6.45) is 2.18. The van der Waals surface area contributed by atoms with Crippen LogP contribution in [0.5, 0.6) is 0 Å². The highest BCUT2D eigenvalue weighted by Crippen LogP contribution is 2.15. The summed E-state index contributed by atoms with van der Waals surface area (Å²) >= 11 is 0. The van der Waals surface area contributed by atoms with E-state index in [1.807, 2.05) is 0 Å². The average Bonchev–Trinajstić information content (AvgIpc) is 2.35. The smallest absolute Gasteiger partial charge is 0.128 e. The number of hydrogen-bond acceptors (Lipinski definition) is 2. The number of nitrogens with one attached hydrogen (secondary N) is 1. The van der Waals surface area contributed by atoms with Gasteiger partial charge in [-0.3, -0.25) is 0 Å². The highest BCUT2D eigenvalue weighted by atomic mass is 19.1. The Morgan fingerprint density at radius 3 is 2.76 bits per heavy atom. The lowest BCUT2D eigenvalue weighted by Gasteiger charge is -2.22. The maximum absolute atomic E-state index is 13.3. The van der Waals surface area contributed by atoms with Gasteiger partial charge in [0, 0.05) is 12.2 Å². The van der Waals surface area contributed by atoms with Crippen molar-refractivity contribution in [3.8, 4) is 0 Å². The van der Waals surface area contributed by atoms with Gasteiger partial charge in [-0.15, -0.1) is 0 Å². The summed E-state index contributed by atoms with van der Waals surface area (Å²) in [5, 5.41) is 3.27. The molecule has 0 aliphatic carbocycles. The molecule has 17 heavy (non-hydrogen) atoms. The molecule has 0 bridgehead atoms. The zero-order valence-electron chi connectivity index (χ0n) is 9.72. The maximum Gasteiger partial charge on any atom is 0.128 e. The fraction of sp³-hybridized carbons (Fsp3) is 0.538. The van der Waals surface area contributed by atoms with E-state index < -0.39 is 11.6 Å². The van der Waals surface area contributed by atoms with Gasteiger partial charge in [-0.25, -0.2) is 8.78 Å². The number of hydrogen-bond donors (Lipinski definition) is 1. The van der Waals surface area contributed by atoms with Crippen molar-refractivity contribution >= 4 is 0 Å². The molecule has 1 heterocycles. The second-order valence-electron chi connectivity index (χ2n) is 4.44. The Balaban J connectivity index is 1.79. The normalized spacial score (nSPS) is 17.3. The monoisotopic (exact) mass is 241 g/mol. The zero-order valence-corrected chi connectivity index (χ0v) is 9.72. The predicted molar refractivity (Wildman–Crippen MR) is 61.6 cm³/mol. The molecule has 94 valence electrons. The van der Waals surface area contributed by atoms with Crippen molar-refractivity contribution < 1.29 is 13.5 Å². The van der Waals surface area contributed by atoms with Gasteiger partial charge in [0.15, 0.2) is 0 Å². The fourth-order valence-corrected chi connectivity index (χ4v) is 2.04. The Kier molecular flexibility index (Phi) is 4.45. The molecule has 1 N–H and O–H groups in total. The standard InChI is InChI=1S/C13H17F2NO/c14-12-1-2-13(15)11(7-12)9-17-8-10-3-5-16-6-4-10/h1-2,7,10,16H,3-6,8-9H2.